The number of phenols is 1. The number of furan rings is 1. The van der Waals surface area contributed by atoms with Crippen molar-refractivity contribution in [3.8, 4) is 5.75 Å². The van der Waals surface area contributed by atoms with Gasteiger partial charge in [0.05, 0.1) is 0 Å². The maximum Gasteiger partial charge on any atom is 0.134 e. The minimum Gasteiger partial charge on any atom is -0.508 e. The van der Waals surface area contributed by atoms with Crippen LogP contribution in [0.2, 0.25) is 0 Å². The van der Waals surface area contributed by atoms with Gasteiger partial charge in [-0.1, -0.05) is 20.3 Å². The first-order valence-electron chi connectivity index (χ1n) is 10.2. The second-order valence-corrected chi connectivity index (χ2v) is 8.57. The number of piperidine rings is 2. The lowest BCUT2D eigenvalue weighted by molar-refractivity contribution is -0.0448. The van der Waals surface area contributed by atoms with Crippen LogP contribution >= 0.6 is 0 Å². The number of hydrogen-bond acceptors (Lipinski definition) is 3. The number of fused-ring (bicyclic) bond motifs is 4. The van der Waals surface area contributed by atoms with Gasteiger partial charge in [-0.15, -0.1) is 0 Å². The molecule has 3 fully saturated rings. The van der Waals surface area contributed by atoms with Crippen LogP contribution in [0.15, 0.2) is 22.6 Å². The van der Waals surface area contributed by atoms with Gasteiger partial charge in [-0.2, -0.15) is 0 Å². The minimum atomic E-state index is 0.349. The fraction of sp³-hybridized carbons (Fsp3) is 0.636. The van der Waals surface area contributed by atoms with Crippen molar-refractivity contribution in [2.24, 2.45) is 11.8 Å². The van der Waals surface area contributed by atoms with Crippen LogP contribution < -0.4 is 0 Å². The third-order valence-electron chi connectivity index (χ3n) is 7.15. The smallest absolute Gasteiger partial charge is 0.134 e. The lowest BCUT2D eigenvalue weighted by Gasteiger charge is -2.55. The molecule has 2 saturated heterocycles. The van der Waals surface area contributed by atoms with Gasteiger partial charge < -0.3 is 9.52 Å². The molecule has 1 saturated carbocycles. The van der Waals surface area contributed by atoms with Gasteiger partial charge in [-0.3, -0.25) is 4.90 Å². The fourth-order valence-electron chi connectivity index (χ4n) is 6.27. The average molecular weight is 339 g/mol. The molecule has 3 nitrogen and oxygen atoms in total. The number of benzene rings is 1. The van der Waals surface area contributed by atoms with Gasteiger partial charge in [-0.05, 0) is 62.1 Å². The first kappa shape index (κ1) is 15.7. The van der Waals surface area contributed by atoms with E-state index in [9.17, 15) is 5.11 Å². The van der Waals surface area contributed by atoms with E-state index in [0.29, 0.717) is 23.8 Å². The zero-order valence-corrected chi connectivity index (χ0v) is 15.4. The van der Waals surface area contributed by atoms with E-state index >= 15 is 0 Å². The highest BCUT2D eigenvalue weighted by atomic mass is 16.3. The summed E-state index contributed by atoms with van der Waals surface area (Å²) in [4.78, 5) is 2.85. The Bertz CT molecular complexity index is 795. The molecule has 2 aromatic rings. The van der Waals surface area contributed by atoms with E-state index in [-0.39, 0.29) is 0 Å². The second-order valence-electron chi connectivity index (χ2n) is 8.57. The van der Waals surface area contributed by atoms with E-state index in [1.807, 2.05) is 12.1 Å². The number of nitrogens with zero attached hydrogens (tertiary/aromatic N) is 1. The van der Waals surface area contributed by atoms with Crippen LogP contribution in [0.1, 0.15) is 63.2 Å². The van der Waals surface area contributed by atoms with E-state index in [1.165, 1.54) is 50.0 Å². The summed E-state index contributed by atoms with van der Waals surface area (Å²) >= 11 is 0. The Morgan fingerprint density at radius 3 is 2.92 bits per heavy atom. The number of aromatic hydroxyl groups is 1. The molecule has 1 N–H and O–H groups in total. The first-order chi connectivity index (χ1) is 12.2. The molecule has 6 atom stereocenters. The van der Waals surface area contributed by atoms with Crippen molar-refractivity contribution in [3.63, 3.8) is 0 Å². The van der Waals surface area contributed by atoms with Gasteiger partial charge in [0.1, 0.15) is 17.1 Å². The van der Waals surface area contributed by atoms with Gasteiger partial charge in [0.2, 0.25) is 0 Å². The minimum absolute atomic E-state index is 0.349. The van der Waals surface area contributed by atoms with Crippen LogP contribution in [0.4, 0.5) is 0 Å². The summed E-state index contributed by atoms with van der Waals surface area (Å²) < 4.78 is 6.45. The molecule has 1 aromatic carbocycles. The largest absolute Gasteiger partial charge is 0.508 e. The highest BCUT2D eigenvalue weighted by Crippen LogP contribution is 2.53. The molecule has 0 spiro atoms. The van der Waals surface area contributed by atoms with Gasteiger partial charge in [0, 0.05) is 35.5 Å². The first-order valence-corrected chi connectivity index (χ1v) is 10.2. The summed E-state index contributed by atoms with van der Waals surface area (Å²) in [7, 11) is 0. The van der Waals surface area contributed by atoms with Crippen molar-refractivity contribution in [1.82, 2.24) is 4.90 Å². The highest BCUT2D eigenvalue weighted by Gasteiger charge is 2.51. The Morgan fingerprint density at radius 1 is 1.24 bits per heavy atom. The fourth-order valence-corrected chi connectivity index (χ4v) is 6.27. The zero-order chi connectivity index (χ0) is 17.1. The average Bonchev–Trinajstić information content (AvgIpc) is 2.93. The van der Waals surface area contributed by atoms with Gasteiger partial charge in [0.25, 0.3) is 0 Å². The predicted octanol–water partition coefficient (Wildman–Crippen LogP) is 5.07. The molecule has 1 aliphatic carbocycles. The van der Waals surface area contributed by atoms with Gasteiger partial charge >= 0.3 is 0 Å². The summed E-state index contributed by atoms with van der Waals surface area (Å²) in [6.07, 6.45) is 7.60. The molecule has 6 rings (SSSR count). The Hall–Kier alpha value is -1.48. The molecule has 134 valence electrons. The van der Waals surface area contributed by atoms with Crippen molar-refractivity contribution in [2.75, 3.05) is 6.54 Å². The Kier molecular flexibility index (Phi) is 3.63. The molecule has 25 heavy (non-hydrogen) atoms. The van der Waals surface area contributed by atoms with Crippen molar-refractivity contribution in [2.45, 2.75) is 70.4 Å². The van der Waals surface area contributed by atoms with Crippen LogP contribution in [0.5, 0.6) is 5.75 Å². The lowest BCUT2D eigenvalue weighted by atomic mass is 9.65. The molecule has 3 aliphatic heterocycles. The number of hydrogen-bond donors (Lipinski definition) is 1. The maximum absolute atomic E-state index is 10.00. The maximum atomic E-state index is 10.00. The SMILES string of the molecule is CCC[C@@H]1C[C@H]2C[C@H]3c4oc5ccc(O)cc5c4C[C@H](CC)N(C2)C13. The molecule has 4 heterocycles. The molecule has 4 bridgehead atoms. The van der Waals surface area contributed by atoms with Crippen LogP contribution in [-0.2, 0) is 6.42 Å². The predicted molar refractivity (Wildman–Crippen MR) is 100 cm³/mol. The molecule has 4 aliphatic rings. The van der Waals surface area contributed by atoms with E-state index in [2.05, 4.69) is 18.7 Å². The molecular weight excluding hydrogens is 310 g/mol. The van der Waals surface area contributed by atoms with Crippen molar-refractivity contribution in [3.05, 3.63) is 29.5 Å². The Balaban J connectivity index is 1.68. The molecule has 0 radical (unpaired) electrons. The van der Waals surface area contributed by atoms with E-state index in [0.717, 1.165) is 29.2 Å². The van der Waals surface area contributed by atoms with Gasteiger partial charge in [0.15, 0.2) is 0 Å². The molecular formula is C22H29NO2. The van der Waals surface area contributed by atoms with Crippen molar-refractivity contribution >= 4 is 11.0 Å². The van der Waals surface area contributed by atoms with E-state index < -0.39 is 0 Å². The van der Waals surface area contributed by atoms with Crippen LogP contribution in [0, 0.1) is 11.8 Å². The quantitative estimate of drug-likeness (QED) is 0.848. The normalized spacial score (nSPS) is 36.4. The summed E-state index contributed by atoms with van der Waals surface area (Å²) in [5.41, 5.74) is 2.34. The summed E-state index contributed by atoms with van der Waals surface area (Å²) in [6, 6.07) is 6.88. The summed E-state index contributed by atoms with van der Waals surface area (Å²) in [6.45, 7) is 5.95. The standard InChI is InChI=1S/C22H29NO2/c1-3-5-14-8-13-9-19-21(14)23(12-13)15(4-2)10-18-17-11-16(24)6-7-20(17)25-22(18)19/h6-7,11,13-15,19,21,24H,3-5,8-10,12H2,1-2H3/t13-,14+,15-,19+,21?/m0/s1. The Labute approximate surface area is 150 Å². The summed E-state index contributed by atoms with van der Waals surface area (Å²) in [5, 5.41) is 11.1. The van der Waals surface area contributed by atoms with E-state index in [1.54, 1.807) is 6.07 Å². The number of phenolic OH excluding ortho intramolecular Hbond substituents is 1. The third-order valence-corrected chi connectivity index (χ3v) is 7.15. The van der Waals surface area contributed by atoms with Crippen LogP contribution in [-0.4, -0.2) is 28.6 Å². The van der Waals surface area contributed by atoms with E-state index in [4.69, 9.17) is 4.42 Å². The zero-order valence-electron chi connectivity index (χ0n) is 15.4. The monoisotopic (exact) mass is 339 g/mol. The van der Waals surface area contributed by atoms with Crippen LogP contribution in [0.3, 0.4) is 0 Å². The molecule has 2 unspecified atom stereocenters. The summed E-state index contributed by atoms with van der Waals surface area (Å²) in [5.74, 6) is 3.79. The van der Waals surface area contributed by atoms with Crippen molar-refractivity contribution in [1.29, 1.82) is 0 Å². The molecule has 3 heteroatoms. The topological polar surface area (TPSA) is 36.6 Å². The third kappa shape index (κ3) is 2.28. The lowest BCUT2D eigenvalue weighted by Crippen LogP contribution is -2.59. The van der Waals surface area contributed by atoms with Crippen LogP contribution in [0.25, 0.3) is 11.0 Å². The number of rotatable bonds is 3. The van der Waals surface area contributed by atoms with Crippen molar-refractivity contribution < 1.29 is 9.52 Å². The molecule has 1 aromatic heterocycles. The molecule has 0 amide bonds. The second kappa shape index (κ2) is 5.77. The van der Waals surface area contributed by atoms with Gasteiger partial charge in [-0.25, -0.2) is 0 Å². The highest BCUT2D eigenvalue weighted by molar-refractivity contribution is 5.84. The Morgan fingerprint density at radius 2 is 2.12 bits per heavy atom.